The molecular weight excluding hydrogens is 242 g/mol. The first-order chi connectivity index (χ1) is 8.16. The van der Waals surface area contributed by atoms with Gasteiger partial charge < -0.3 is 15.2 Å². The van der Waals surface area contributed by atoms with E-state index in [4.69, 9.17) is 26.8 Å². The third-order valence-electron chi connectivity index (χ3n) is 2.66. The summed E-state index contributed by atoms with van der Waals surface area (Å²) in [7, 11) is 0. The molecule has 4 nitrogen and oxygen atoms in total. The maximum Gasteiger partial charge on any atom is 0.338 e. The highest BCUT2D eigenvalue weighted by Gasteiger charge is 2.18. The van der Waals surface area contributed by atoms with Crippen molar-refractivity contribution < 1.29 is 14.3 Å². The lowest BCUT2D eigenvalue weighted by Gasteiger charge is -2.10. The van der Waals surface area contributed by atoms with Crippen LogP contribution in [0.5, 0.6) is 0 Å². The zero-order valence-electron chi connectivity index (χ0n) is 9.32. The van der Waals surface area contributed by atoms with Crippen LogP contribution in [0.2, 0.25) is 5.02 Å². The number of nitrogen functional groups attached to an aromatic ring is 1. The Morgan fingerprint density at radius 1 is 1.59 bits per heavy atom. The van der Waals surface area contributed by atoms with Crippen molar-refractivity contribution in [2.45, 2.75) is 18.9 Å². The molecule has 1 saturated heterocycles. The highest BCUT2D eigenvalue weighted by molar-refractivity contribution is 6.33. The van der Waals surface area contributed by atoms with Crippen molar-refractivity contribution in [1.82, 2.24) is 0 Å². The van der Waals surface area contributed by atoms with Crippen LogP contribution < -0.4 is 5.73 Å². The largest absolute Gasteiger partial charge is 0.459 e. The van der Waals surface area contributed by atoms with E-state index in [2.05, 4.69) is 0 Å². The monoisotopic (exact) mass is 255 g/mol. The van der Waals surface area contributed by atoms with Crippen LogP contribution in [0.1, 0.15) is 23.2 Å². The molecule has 0 aromatic heterocycles. The molecule has 17 heavy (non-hydrogen) atoms. The number of carbonyl (C=O) groups excluding carboxylic acids is 1. The summed E-state index contributed by atoms with van der Waals surface area (Å²) >= 11 is 5.77. The molecule has 1 aliphatic heterocycles. The molecule has 0 radical (unpaired) electrons. The van der Waals surface area contributed by atoms with Crippen molar-refractivity contribution in [3.05, 3.63) is 28.8 Å². The molecule has 92 valence electrons. The summed E-state index contributed by atoms with van der Waals surface area (Å²) in [6.07, 6.45) is 2.00. The maximum absolute atomic E-state index is 11.7. The fourth-order valence-corrected chi connectivity index (χ4v) is 1.82. The Labute approximate surface area is 105 Å². The fourth-order valence-electron chi connectivity index (χ4n) is 1.70. The number of anilines is 1. The number of nitrogens with two attached hydrogens (primary N) is 1. The molecular formula is C12H14ClNO3. The number of esters is 1. The van der Waals surface area contributed by atoms with Gasteiger partial charge in [-0.2, -0.15) is 0 Å². The van der Waals surface area contributed by atoms with Gasteiger partial charge in [0.25, 0.3) is 0 Å². The summed E-state index contributed by atoms with van der Waals surface area (Å²) in [6.45, 7) is 1.04. The predicted molar refractivity (Wildman–Crippen MR) is 65.1 cm³/mol. The molecule has 0 aliphatic carbocycles. The van der Waals surface area contributed by atoms with Crippen LogP contribution in [-0.4, -0.2) is 25.3 Å². The van der Waals surface area contributed by atoms with Gasteiger partial charge in [0, 0.05) is 6.61 Å². The second-order valence-electron chi connectivity index (χ2n) is 3.97. The zero-order valence-corrected chi connectivity index (χ0v) is 10.1. The number of benzene rings is 1. The van der Waals surface area contributed by atoms with Gasteiger partial charge in [-0.15, -0.1) is 0 Å². The summed E-state index contributed by atoms with van der Waals surface area (Å²) in [5.41, 5.74) is 6.39. The Bertz CT molecular complexity index is 416. The molecule has 0 amide bonds. The van der Waals surface area contributed by atoms with Gasteiger partial charge in [-0.3, -0.25) is 0 Å². The minimum atomic E-state index is -0.399. The highest BCUT2D eigenvalue weighted by atomic mass is 35.5. The third-order valence-corrected chi connectivity index (χ3v) is 3.00. The molecule has 1 aliphatic rings. The maximum atomic E-state index is 11.7. The lowest BCUT2D eigenvalue weighted by molar-refractivity contribution is 0.0161. The molecule has 1 unspecified atom stereocenters. The van der Waals surface area contributed by atoms with Gasteiger partial charge in [0.15, 0.2) is 0 Å². The van der Waals surface area contributed by atoms with E-state index in [0.29, 0.717) is 22.9 Å². The molecule has 0 spiro atoms. The van der Waals surface area contributed by atoms with Crippen LogP contribution in [0, 0.1) is 0 Å². The Balaban J connectivity index is 1.92. The van der Waals surface area contributed by atoms with Crippen LogP contribution in [0.3, 0.4) is 0 Å². The van der Waals surface area contributed by atoms with Crippen LogP contribution in [-0.2, 0) is 9.47 Å². The highest BCUT2D eigenvalue weighted by Crippen LogP contribution is 2.20. The van der Waals surface area contributed by atoms with Gasteiger partial charge in [0.2, 0.25) is 0 Å². The van der Waals surface area contributed by atoms with E-state index in [1.54, 1.807) is 12.1 Å². The molecule has 1 atom stereocenters. The summed E-state index contributed by atoms with van der Waals surface area (Å²) in [6, 6.07) is 4.69. The molecule has 1 aromatic rings. The molecule has 0 bridgehead atoms. The summed E-state index contributed by atoms with van der Waals surface area (Å²) < 4.78 is 10.5. The van der Waals surface area contributed by atoms with Gasteiger partial charge in [-0.05, 0) is 31.0 Å². The quantitative estimate of drug-likeness (QED) is 0.665. The number of carbonyl (C=O) groups is 1. The van der Waals surface area contributed by atoms with Crippen molar-refractivity contribution in [3.8, 4) is 0 Å². The van der Waals surface area contributed by atoms with Crippen LogP contribution in [0.15, 0.2) is 18.2 Å². The average Bonchev–Trinajstić information content (AvgIpc) is 2.82. The lowest BCUT2D eigenvalue weighted by Crippen LogP contribution is -2.17. The molecule has 1 aromatic carbocycles. The average molecular weight is 256 g/mol. The fraction of sp³-hybridized carbons (Fsp3) is 0.417. The van der Waals surface area contributed by atoms with E-state index in [-0.39, 0.29) is 6.10 Å². The SMILES string of the molecule is Nc1cc(C(=O)OCC2CCCO2)ccc1Cl. The third kappa shape index (κ3) is 3.11. The van der Waals surface area contributed by atoms with E-state index >= 15 is 0 Å². The zero-order chi connectivity index (χ0) is 12.3. The van der Waals surface area contributed by atoms with E-state index in [9.17, 15) is 4.79 Å². The van der Waals surface area contributed by atoms with Crippen LogP contribution in [0.4, 0.5) is 5.69 Å². The minimum Gasteiger partial charge on any atom is -0.459 e. The lowest BCUT2D eigenvalue weighted by atomic mass is 10.2. The van der Waals surface area contributed by atoms with Gasteiger partial charge in [-0.25, -0.2) is 4.79 Å². The number of rotatable bonds is 3. The van der Waals surface area contributed by atoms with E-state index < -0.39 is 5.97 Å². The van der Waals surface area contributed by atoms with Crippen molar-refractivity contribution >= 4 is 23.3 Å². The Morgan fingerprint density at radius 3 is 3.06 bits per heavy atom. The normalized spacial score (nSPS) is 19.2. The van der Waals surface area contributed by atoms with Gasteiger partial charge in [-0.1, -0.05) is 11.6 Å². The number of hydrogen-bond donors (Lipinski definition) is 1. The topological polar surface area (TPSA) is 61.6 Å². The summed E-state index contributed by atoms with van der Waals surface area (Å²) in [5.74, 6) is -0.399. The number of ether oxygens (including phenoxy) is 2. The number of halogens is 1. The first kappa shape index (κ1) is 12.2. The second kappa shape index (κ2) is 5.38. The van der Waals surface area contributed by atoms with Gasteiger partial charge in [0.05, 0.1) is 22.4 Å². The Morgan fingerprint density at radius 2 is 2.41 bits per heavy atom. The van der Waals surface area contributed by atoms with Gasteiger partial charge in [0.1, 0.15) is 6.61 Å². The predicted octanol–water partition coefficient (Wildman–Crippen LogP) is 2.26. The molecule has 2 N–H and O–H groups in total. The standard InChI is InChI=1S/C12H14ClNO3/c13-10-4-3-8(6-11(10)14)12(15)17-7-9-2-1-5-16-9/h3-4,6,9H,1-2,5,7,14H2. The second-order valence-corrected chi connectivity index (χ2v) is 4.38. The van der Waals surface area contributed by atoms with Crippen LogP contribution in [0.25, 0.3) is 0 Å². The van der Waals surface area contributed by atoms with Crippen molar-refractivity contribution in [2.75, 3.05) is 18.9 Å². The first-order valence-electron chi connectivity index (χ1n) is 5.50. The smallest absolute Gasteiger partial charge is 0.338 e. The van der Waals surface area contributed by atoms with Crippen molar-refractivity contribution in [2.24, 2.45) is 0 Å². The number of hydrogen-bond acceptors (Lipinski definition) is 4. The Kier molecular flexibility index (Phi) is 3.86. The molecule has 1 fully saturated rings. The van der Waals surface area contributed by atoms with E-state index in [1.165, 1.54) is 6.07 Å². The summed E-state index contributed by atoms with van der Waals surface area (Å²) in [4.78, 5) is 11.7. The molecule has 5 heteroatoms. The molecule has 0 saturated carbocycles. The van der Waals surface area contributed by atoms with Crippen molar-refractivity contribution in [3.63, 3.8) is 0 Å². The van der Waals surface area contributed by atoms with Gasteiger partial charge >= 0.3 is 5.97 Å². The first-order valence-corrected chi connectivity index (χ1v) is 5.88. The van der Waals surface area contributed by atoms with Crippen molar-refractivity contribution in [1.29, 1.82) is 0 Å². The van der Waals surface area contributed by atoms with E-state index in [0.717, 1.165) is 19.4 Å². The Hall–Kier alpha value is -1.26. The molecule has 1 heterocycles. The summed E-state index contributed by atoms with van der Waals surface area (Å²) in [5, 5.41) is 0.431. The minimum absolute atomic E-state index is 0.0311. The molecule has 2 rings (SSSR count). The van der Waals surface area contributed by atoms with E-state index in [1.807, 2.05) is 0 Å². The van der Waals surface area contributed by atoms with Crippen LogP contribution >= 0.6 is 11.6 Å².